The average Bonchev–Trinajstić information content (AvgIpc) is 2.79. The molecular formula is C13H24N4. The van der Waals surface area contributed by atoms with Gasteiger partial charge in [-0.2, -0.15) is 0 Å². The zero-order valence-electron chi connectivity index (χ0n) is 10.9. The summed E-state index contributed by atoms with van der Waals surface area (Å²) >= 11 is 0. The number of hydrogen-bond acceptors (Lipinski definition) is 3. The zero-order chi connectivity index (χ0) is 12.1. The van der Waals surface area contributed by atoms with Gasteiger partial charge in [0.25, 0.3) is 0 Å². The normalized spacial score (nSPS) is 17.5. The highest BCUT2D eigenvalue weighted by molar-refractivity contribution is 4.96. The van der Waals surface area contributed by atoms with Gasteiger partial charge in [-0.25, -0.2) is 0 Å². The van der Waals surface area contributed by atoms with E-state index in [1.165, 1.54) is 38.5 Å². The van der Waals surface area contributed by atoms with Gasteiger partial charge in [0.1, 0.15) is 11.6 Å². The van der Waals surface area contributed by atoms with Gasteiger partial charge in [-0.05, 0) is 19.3 Å². The zero-order valence-corrected chi connectivity index (χ0v) is 10.9. The second-order valence-corrected chi connectivity index (χ2v) is 5.02. The van der Waals surface area contributed by atoms with Crippen molar-refractivity contribution in [1.82, 2.24) is 14.8 Å². The summed E-state index contributed by atoms with van der Waals surface area (Å²) in [4.78, 5) is 0. The van der Waals surface area contributed by atoms with Crippen molar-refractivity contribution in [2.45, 2.75) is 65.0 Å². The molecule has 1 aliphatic carbocycles. The molecule has 17 heavy (non-hydrogen) atoms. The first-order valence-electron chi connectivity index (χ1n) is 6.96. The lowest BCUT2D eigenvalue weighted by molar-refractivity contribution is 0.336. The number of rotatable bonds is 5. The summed E-state index contributed by atoms with van der Waals surface area (Å²) in [6.07, 6.45) is 9.40. The second kappa shape index (κ2) is 6.15. The van der Waals surface area contributed by atoms with E-state index in [0.29, 0.717) is 6.54 Å². The van der Waals surface area contributed by atoms with Gasteiger partial charge < -0.3 is 10.3 Å². The van der Waals surface area contributed by atoms with Crippen LogP contribution in [-0.2, 0) is 19.5 Å². The summed E-state index contributed by atoms with van der Waals surface area (Å²) in [5.74, 6) is 2.96. The first-order valence-corrected chi connectivity index (χ1v) is 6.96. The Bertz CT molecular complexity index is 339. The van der Waals surface area contributed by atoms with Crippen molar-refractivity contribution in [3.05, 3.63) is 11.6 Å². The fraction of sp³-hybridized carbons (Fsp3) is 0.846. The van der Waals surface area contributed by atoms with E-state index in [-0.39, 0.29) is 0 Å². The molecule has 2 N–H and O–H groups in total. The molecular weight excluding hydrogens is 212 g/mol. The molecule has 0 spiro atoms. The third-order valence-corrected chi connectivity index (χ3v) is 3.90. The van der Waals surface area contributed by atoms with Crippen LogP contribution in [0.4, 0.5) is 0 Å². The lowest BCUT2D eigenvalue weighted by Gasteiger charge is -2.21. The maximum absolute atomic E-state index is 5.66. The number of aromatic nitrogens is 3. The van der Waals surface area contributed by atoms with Crippen LogP contribution in [0.1, 0.15) is 57.1 Å². The molecule has 96 valence electrons. The van der Waals surface area contributed by atoms with Crippen LogP contribution in [0.2, 0.25) is 0 Å². The van der Waals surface area contributed by atoms with Gasteiger partial charge in [-0.1, -0.05) is 32.1 Å². The molecule has 0 bridgehead atoms. The van der Waals surface area contributed by atoms with E-state index < -0.39 is 0 Å². The number of hydrogen-bond donors (Lipinski definition) is 1. The van der Waals surface area contributed by atoms with Gasteiger partial charge in [-0.3, -0.25) is 0 Å². The molecule has 0 amide bonds. The summed E-state index contributed by atoms with van der Waals surface area (Å²) in [6, 6.07) is 0. The van der Waals surface area contributed by atoms with Gasteiger partial charge in [0, 0.05) is 13.0 Å². The molecule has 1 aliphatic rings. The second-order valence-electron chi connectivity index (χ2n) is 5.02. The van der Waals surface area contributed by atoms with Gasteiger partial charge >= 0.3 is 0 Å². The van der Waals surface area contributed by atoms with E-state index in [0.717, 1.165) is 30.5 Å². The fourth-order valence-electron chi connectivity index (χ4n) is 2.88. The van der Waals surface area contributed by atoms with Crippen molar-refractivity contribution >= 4 is 0 Å². The van der Waals surface area contributed by atoms with Gasteiger partial charge in [0.2, 0.25) is 0 Å². The van der Waals surface area contributed by atoms with E-state index >= 15 is 0 Å². The predicted octanol–water partition coefficient (Wildman–Crippen LogP) is 2.27. The van der Waals surface area contributed by atoms with E-state index in [1.807, 2.05) is 0 Å². The van der Waals surface area contributed by atoms with Crippen molar-refractivity contribution in [3.63, 3.8) is 0 Å². The average molecular weight is 236 g/mol. The maximum atomic E-state index is 5.66. The molecule has 1 aromatic heterocycles. The van der Waals surface area contributed by atoms with Crippen LogP contribution in [0.3, 0.4) is 0 Å². The quantitative estimate of drug-likeness (QED) is 0.853. The fourth-order valence-corrected chi connectivity index (χ4v) is 2.88. The highest BCUT2D eigenvalue weighted by Gasteiger charge is 2.15. The Balaban J connectivity index is 1.91. The molecule has 0 aliphatic heterocycles. The Hall–Kier alpha value is -0.900. The Morgan fingerprint density at radius 1 is 1.18 bits per heavy atom. The number of nitrogens with two attached hydrogens (primary N) is 1. The minimum absolute atomic E-state index is 0.490. The van der Waals surface area contributed by atoms with Crippen molar-refractivity contribution in [3.8, 4) is 0 Å². The molecule has 0 unspecified atom stereocenters. The van der Waals surface area contributed by atoms with Crippen LogP contribution in [0.25, 0.3) is 0 Å². The van der Waals surface area contributed by atoms with Crippen molar-refractivity contribution < 1.29 is 0 Å². The first kappa shape index (κ1) is 12.6. The highest BCUT2D eigenvalue weighted by atomic mass is 15.3. The monoisotopic (exact) mass is 236 g/mol. The molecule has 1 fully saturated rings. The smallest absolute Gasteiger partial charge is 0.146 e. The minimum atomic E-state index is 0.490. The molecule has 1 aromatic rings. The molecule has 4 nitrogen and oxygen atoms in total. The predicted molar refractivity (Wildman–Crippen MR) is 68.5 cm³/mol. The highest BCUT2D eigenvalue weighted by Crippen LogP contribution is 2.27. The van der Waals surface area contributed by atoms with Crippen LogP contribution in [-0.4, -0.2) is 14.8 Å². The van der Waals surface area contributed by atoms with Crippen molar-refractivity contribution in [2.24, 2.45) is 11.7 Å². The Morgan fingerprint density at radius 3 is 2.53 bits per heavy atom. The summed E-state index contributed by atoms with van der Waals surface area (Å²) in [6.45, 7) is 3.55. The van der Waals surface area contributed by atoms with Gasteiger partial charge in [0.15, 0.2) is 0 Å². The van der Waals surface area contributed by atoms with E-state index in [2.05, 4.69) is 21.7 Å². The van der Waals surface area contributed by atoms with E-state index in [1.54, 1.807) is 0 Å². The molecule has 1 saturated carbocycles. The van der Waals surface area contributed by atoms with Crippen LogP contribution in [0, 0.1) is 5.92 Å². The Labute approximate surface area is 104 Å². The molecule has 2 rings (SSSR count). The van der Waals surface area contributed by atoms with Crippen LogP contribution >= 0.6 is 0 Å². The van der Waals surface area contributed by atoms with Crippen LogP contribution < -0.4 is 5.73 Å². The number of nitrogens with zero attached hydrogens (tertiary/aromatic N) is 3. The Kier molecular flexibility index (Phi) is 4.54. The summed E-state index contributed by atoms with van der Waals surface area (Å²) in [7, 11) is 0. The van der Waals surface area contributed by atoms with Crippen molar-refractivity contribution in [1.29, 1.82) is 0 Å². The van der Waals surface area contributed by atoms with Gasteiger partial charge in [-0.15, -0.1) is 10.2 Å². The minimum Gasteiger partial charge on any atom is -0.324 e. The molecule has 0 atom stereocenters. The number of aryl methyl sites for hydroxylation is 1. The first-order chi connectivity index (χ1) is 8.35. The Morgan fingerprint density at radius 2 is 1.88 bits per heavy atom. The molecule has 1 heterocycles. The largest absolute Gasteiger partial charge is 0.324 e. The third kappa shape index (κ3) is 3.06. The molecule has 0 aromatic carbocycles. The summed E-state index contributed by atoms with van der Waals surface area (Å²) < 4.78 is 2.17. The van der Waals surface area contributed by atoms with Crippen LogP contribution in [0.15, 0.2) is 0 Å². The summed E-state index contributed by atoms with van der Waals surface area (Å²) in [5, 5.41) is 8.43. The molecule has 4 heteroatoms. The third-order valence-electron chi connectivity index (χ3n) is 3.90. The van der Waals surface area contributed by atoms with E-state index in [4.69, 9.17) is 5.73 Å². The molecule has 0 radical (unpaired) electrons. The molecule has 0 saturated heterocycles. The van der Waals surface area contributed by atoms with Crippen molar-refractivity contribution in [2.75, 3.05) is 0 Å². The van der Waals surface area contributed by atoms with Gasteiger partial charge in [0.05, 0.1) is 6.54 Å². The van der Waals surface area contributed by atoms with Crippen LogP contribution in [0.5, 0.6) is 0 Å². The summed E-state index contributed by atoms with van der Waals surface area (Å²) in [5.41, 5.74) is 5.66. The van der Waals surface area contributed by atoms with E-state index in [9.17, 15) is 0 Å². The topological polar surface area (TPSA) is 56.7 Å². The SMILES string of the molecule is CCn1c(CN)nnc1CCC1CCCCC1. The maximum Gasteiger partial charge on any atom is 0.146 e. The standard InChI is InChI=1S/C13H24N4/c1-2-17-12(15-16-13(17)10-14)9-8-11-6-4-3-5-7-11/h11H,2-10,14H2,1H3. The lowest BCUT2D eigenvalue weighted by Crippen LogP contribution is -2.12. The lowest BCUT2D eigenvalue weighted by atomic mass is 9.86.